The first-order valence-electron chi connectivity index (χ1n) is 8.10. The molecule has 0 N–H and O–H groups in total. The Morgan fingerprint density at radius 2 is 1.47 bits per heavy atom. The molecule has 0 aromatic carbocycles. The van der Waals surface area contributed by atoms with Gasteiger partial charge in [0.2, 0.25) is 0 Å². The fraction of sp³-hybridized carbons (Fsp3) is 1.00. The summed E-state index contributed by atoms with van der Waals surface area (Å²) in [7, 11) is 2.25. The van der Waals surface area contributed by atoms with Gasteiger partial charge in [0.25, 0.3) is 0 Å². The molecule has 0 aromatic rings. The largest absolute Gasteiger partial charge is 0.306 e. The molecule has 19 heavy (non-hydrogen) atoms. The Hall–Kier alpha value is -0.120. The highest BCUT2D eigenvalue weighted by atomic mass is 15.3. The molecule has 1 saturated heterocycles. The molecule has 1 rings (SSSR count). The third kappa shape index (κ3) is 7.91. The standard InChI is InChI=1S/C16H35N3/c1-15(2)13-17(5)7-6-8-18-9-11-19(12-10-18)14-16(3)4/h15-16H,6-14H2,1-5H3. The average molecular weight is 269 g/mol. The summed E-state index contributed by atoms with van der Waals surface area (Å²) in [5.74, 6) is 1.58. The molecule has 3 heteroatoms. The molecule has 0 aromatic heterocycles. The third-order valence-electron chi connectivity index (χ3n) is 3.78. The van der Waals surface area contributed by atoms with Gasteiger partial charge < -0.3 is 14.7 Å². The third-order valence-corrected chi connectivity index (χ3v) is 3.78. The molecule has 0 spiro atoms. The molecule has 0 unspecified atom stereocenters. The van der Waals surface area contributed by atoms with E-state index in [1.54, 1.807) is 0 Å². The number of piperazine rings is 1. The maximum Gasteiger partial charge on any atom is 0.0110 e. The van der Waals surface area contributed by atoms with Gasteiger partial charge in [-0.2, -0.15) is 0 Å². The molecular formula is C16H35N3. The second kappa shape index (κ2) is 8.93. The summed E-state index contributed by atoms with van der Waals surface area (Å²) in [5, 5.41) is 0. The Morgan fingerprint density at radius 3 is 2.00 bits per heavy atom. The van der Waals surface area contributed by atoms with Gasteiger partial charge in [-0.25, -0.2) is 0 Å². The van der Waals surface area contributed by atoms with Crippen LogP contribution in [-0.4, -0.2) is 74.1 Å². The monoisotopic (exact) mass is 269 g/mol. The van der Waals surface area contributed by atoms with Gasteiger partial charge in [0.1, 0.15) is 0 Å². The van der Waals surface area contributed by atoms with E-state index >= 15 is 0 Å². The summed E-state index contributed by atoms with van der Waals surface area (Å²) in [6.45, 7) is 19.3. The lowest BCUT2D eigenvalue weighted by Crippen LogP contribution is -2.47. The van der Waals surface area contributed by atoms with E-state index in [9.17, 15) is 0 Å². The van der Waals surface area contributed by atoms with Crippen molar-refractivity contribution in [3.8, 4) is 0 Å². The van der Waals surface area contributed by atoms with E-state index in [4.69, 9.17) is 0 Å². The molecular weight excluding hydrogens is 234 g/mol. The minimum atomic E-state index is 0.782. The van der Waals surface area contributed by atoms with Gasteiger partial charge >= 0.3 is 0 Å². The van der Waals surface area contributed by atoms with Gasteiger partial charge in [0.15, 0.2) is 0 Å². The van der Waals surface area contributed by atoms with Crippen molar-refractivity contribution in [3.05, 3.63) is 0 Å². The zero-order chi connectivity index (χ0) is 14.3. The van der Waals surface area contributed by atoms with E-state index in [-0.39, 0.29) is 0 Å². The SMILES string of the molecule is CC(C)CN(C)CCCN1CCN(CC(C)C)CC1. The Labute approximate surface area is 120 Å². The van der Waals surface area contributed by atoms with Crippen LogP contribution >= 0.6 is 0 Å². The van der Waals surface area contributed by atoms with Crippen LogP contribution in [0.2, 0.25) is 0 Å². The van der Waals surface area contributed by atoms with Crippen molar-refractivity contribution in [2.45, 2.75) is 34.1 Å². The van der Waals surface area contributed by atoms with Crippen molar-refractivity contribution in [1.29, 1.82) is 0 Å². The highest BCUT2D eigenvalue weighted by molar-refractivity contribution is 4.73. The van der Waals surface area contributed by atoms with Gasteiger partial charge in [0, 0.05) is 39.3 Å². The highest BCUT2D eigenvalue weighted by Crippen LogP contribution is 2.06. The Bertz CT molecular complexity index is 220. The van der Waals surface area contributed by atoms with Crippen LogP contribution in [0.1, 0.15) is 34.1 Å². The molecule has 1 fully saturated rings. The molecule has 3 nitrogen and oxygen atoms in total. The van der Waals surface area contributed by atoms with Crippen molar-refractivity contribution >= 4 is 0 Å². The van der Waals surface area contributed by atoms with Crippen molar-refractivity contribution in [2.24, 2.45) is 11.8 Å². The normalized spacial score (nSPS) is 18.9. The number of hydrogen-bond donors (Lipinski definition) is 0. The van der Waals surface area contributed by atoms with Crippen molar-refractivity contribution in [3.63, 3.8) is 0 Å². The second-order valence-electron chi connectivity index (χ2n) is 7.05. The minimum Gasteiger partial charge on any atom is -0.306 e. The minimum absolute atomic E-state index is 0.782. The first-order chi connectivity index (χ1) is 8.97. The second-order valence-corrected chi connectivity index (χ2v) is 7.05. The van der Waals surface area contributed by atoms with Crippen molar-refractivity contribution < 1.29 is 0 Å². The molecule has 114 valence electrons. The number of hydrogen-bond acceptors (Lipinski definition) is 3. The molecule has 1 aliphatic rings. The van der Waals surface area contributed by atoms with E-state index in [1.165, 1.54) is 58.8 Å². The number of rotatable bonds is 8. The zero-order valence-corrected chi connectivity index (χ0v) is 13.9. The first kappa shape index (κ1) is 16.9. The molecule has 1 aliphatic heterocycles. The van der Waals surface area contributed by atoms with Crippen molar-refractivity contribution in [2.75, 3.05) is 59.4 Å². The zero-order valence-electron chi connectivity index (χ0n) is 13.9. The predicted octanol–water partition coefficient (Wildman–Crippen LogP) is 2.24. The molecule has 0 bridgehead atoms. The van der Waals surface area contributed by atoms with Gasteiger partial charge in [0.05, 0.1) is 0 Å². The summed E-state index contributed by atoms with van der Waals surface area (Å²) in [5.41, 5.74) is 0. The number of nitrogens with zero attached hydrogens (tertiary/aromatic N) is 3. The summed E-state index contributed by atoms with van der Waals surface area (Å²) in [6.07, 6.45) is 1.31. The molecule has 0 atom stereocenters. The Kier molecular flexibility index (Phi) is 7.96. The fourth-order valence-corrected chi connectivity index (χ4v) is 2.99. The van der Waals surface area contributed by atoms with Crippen LogP contribution < -0.4 is 0 Å². The van der Waals surface area contributed by atoms with Crippen LogP contribution in [0.25, 0.3) is 0 Å². The van der Waals surface area contributed by atoms with E-state index in [1.807, 2.05) is 0 Å². The molecule has 0 aliphatic carbocycles. The van der Waals surface area contributed by atoms with Crippen LogP contribution in [-0.2, 0) is 0 Å². The summed E-state index contributed by atoms with van der Waals surface area (Å²) in [6, 6.07) is 0. The van der Waals surface area contributed by atoms with Gasteiger partial charge in [-0.05, 0) is 38.4 Å². The molecule has 1 heterocycles. The van der Waals surface area contributed by atoms with Gasteiger partial charge in [-0.3, -0.25) is 0 Å². The average Bonchev–Trinajstić information content (AvgIpc) is 2.29. The Balaban J connectivity index is 2.06. The van der Waals surface area contributed by atoms with Crippen LogP contribution in [0, 0.1) is 11.8 Å². The molecule has 0 radical (unpaired) electrons. The molecule has 0 saturated carbocycles. The van der Waals surface area contributed by atoms with E-state index < -0.39 is 0 Å². The van der Waals surface area contributed by atoms with Crippen LogP contribution in [0.5, 0.6) is 0 Å². The smallest absolute Gasteiger partial charge is 0.0110 e. The summed E-state index contributed by atoms with van der Waals surface area (Å²) >= 11 is 0. The van der Waals surface area contributed by atoms with Crippen molar-refractivity contribution in [1.82, 2.24) is 14.7 Å². The lowest BCUT2D eigenvalue weighted by Gasteiger charge is -2.35. The highest BCUT2D eigenvalue weighted by Gasteiger charge is 2.16. The predicted molar refractivity (Wildman–Crippen MR) is 84.7 cm³/mol. The quantitative estimate of drug-likeness (QED) is 0.669. The van der Waals surface area contributed by atoms with Gasteiger partial charge in [-0.1, -0.05) is 27.7 Å². The van der Waals surface area contributed by atoms with Crippen LogP contribution in [0.4, 0.5) is 0 Å². The summed E-state index contributed by atoms with van der Waals surface area (Å²) in [4.78, 5) is 7.73. The van der Waals surface area contributed by atoms with Gasteiger partial charge in [-0.15, -0.1) is 0 Å². The molecule has 0 amide bonds. The lowest BCUT2D eigenvalue weighted by atomic mass is 10.2. The van der Waals surface area contributed by atoms with E-state index in [0.717, 1.165) is 11.8 Å². The van der Waals surface area contributed by atoms with Crippen LogP contribution in [0.15, 0.2) is 0 Å². The van der Waals surface area contributed by atoms with Crippen LogP contribution in [0.3, 0.4) is 0 Å². The maximum absolute atomic E-state index is 2.64. The summed E-state index contributed by atoms with van der Waals surface area (Å²) < 4.78 is 0. The topological polar surface area (TPSA) is 9.72 Å². The van der Waals surface area contributed by atoms with E-state index in [2.05, 4.69) is 49.4 Å². The lowest BCUT2D eigenvalue weighted by molar-refractivity contribution is 0.118. The van der Waals surface area contributed by atoms with E-state index in [0.29, 0.717) is 0 Å². The Morgan fingerprint density at radius 1 is 0.895 bits per heavy atom. The fourth-order valence-electron chi connectivity index (χ4n) is 2.99. The maximum atomic E-state index is 2.64. The first-order valence-corrected chi connectivity index (χ1v) is 8.10.